The third-order valence-corrected chi connectivity index (χ3v) is 3.53. The number of aryl methyl sites for hydroxylation is 1. The van der Waals surface area contributed by atoms with E-state index in [-0.39, 0.29) is 12.4 Å². The van der Waals surface area contributed by atoms with Gasteiger partial charge in [-0.25, -0.2) is 4.39 Å². The molecule has 2 nitrogen and oxygen atoms in total. The van der Waals surface area contributed by atoms with Crippen molar-refractivity contribution in [1.29, 1.82) is 0 Å². The summed E-state index contributed by atoms with van der Waals surface area (Å²) in [5, 5.41) is 10.2. The summed E-state index contributed by atoms with van der Waals surface area (Å²) in [6.07, 6.45) is 1.52. The van der Waals surface area contributed by atoms with Gasteiger partial charge in [0.15, 0.2) is 0 Å². The van der Waals surface area contributed by atoms with E-state index in [0.717, 1.165) is 29.6 Å². The number of halogens is 1. The first kappa shape index (κ1) is 12.9. The maximum atomic E-state index is 13.1. The average molecular weight is 269 g/mol. The Morgan fingerprint density at radius 3 is 2.50 bits per heavy atom. The molecule has 0 aliphatic carbocycles. The summed E-state index contributed by atoms with van der Waals surface area (Å²) in [4.78, 5) is 3.40. The number of rotatable bonds is 4. The second-order valence-corrected chi connectivity index (χ2v) is 4.86. The highest BCUT2D eigenvalue weighted by Gasteiger charge is 2.12. The van der Waals surface area contributed by atoms with E-state index in [1.54, 1.807) is 12.1 Å². The molecule has 0 atom stereocenters. The van der Waals surface area contributed by atoms with Crippen LogP contribution < -0.4 is 0 Å². The molecule has 0 aliphatic rings. The third kappa shape index (κ3) is 2.32. The van der Waals surface area contributed by atoms with Gasteiger partial charge in [0.05, 0.1) is 0 Å². The first-order valence-electron chi connectivity index (χ1n) is 6.76. The lowest BCUT2D eigenvalue weighted by molar-refractivity contribution is 0.289. The van der Waals surface area contributed by atoms with Crippen LogP contribution in [0.5, 0.6) is 0 Å². The molecule has 0 fully saturated rings. The number of para-hydroxylation sites is 1. The van der Waals surface area contributed by atoms with Crippen molar-refractivity contribution in [2.24, 2.45) is 0 Å². The van der Waals surface area contributed by atoms with Crippen LogP contribution in [0.15, 0.2) is 48.5 Å². The van der Waals surface area contributed by atoms with Crippen LogP contribution in [0.2, 0.25) is 0 Å². The van der Waals surface area contributed by atoms with Crippen molar-refractivity contribution in [2.75, 3.05) is 6.61 Å². The van der Waals surface area contributed by atoms with Gasteiger partial charge in [0.1, 0.15) is 5.82 Å². The zero-order valence-electron chi connectivity index (χ0n) is 11.1. The monoisotopic (exact) mass is 269 g/mol. The standard InChI is InChI=1S/C17H16FNO/c18-13-9-7-12(8-10-13)17-15(5-3-11-20)14-4-1-2-6-16(14)19-17/h1-2,4,6-10,19-20H,3,5,11H2. The van der Waals surface area contributed by atoms with Gasteiger partial charge >= 0.3 is 0 Å². The van der Waals surface area contributed by atoms with Gasteiger partial charge < -0.3 is 10.1 Å². The van der Waals surface area contributed by atoms with Crippen molar-refractivity contribution in [2.45, 2.75) is 12.8 Å². The van der Waals surface area contributed by atoms with Crippen LogP contribution >= 0.6 is 0 Å². The fraction of sp³-hybridized carbons (Fsp3) is 0.176. The molecule has 0 amide bonds. The van der Waals surface area contributed by atoms with E-state index < -0.39 is 0 Å². The second kappa shape index (κ2) is 5.47. The Labute approximate surface area is 116 Å². The number of hydrogen-bond donors (Lipinski definition) is 2. The Morgan fingerprint density at radius 1 is 1.00 bits per heavy atom. The predicted octanol–water partition coefficient (Wildman–Crippen LogP) is 3.90. The number of aliphatic hydroxyl groups excluding tert-OH is 1. The summed E-state index contributed by atoms with van der Waals surface area (Å²) < 4.78 is 13.1. The van der Waals surface area contributed by atoms with E-state index in [1.807, 2.05) is 18.2 Å². The highest BCUT2D eigenvalue weighted by atomic mass is 19.1. The molecule has 0 saturated heterocycles. The minimum atomic E-state index is -0.234. The van der Waals surface area contributed by atoms with E-state index in [2.05, 4.69) is 11.1 Å². The van der Waals surface area contributed by atoms with E-state index >= 15 is 0 Å². The fourth-order valence-corrected chi connectivity index (χ4v) is 2.58. The molecule has 0 spiro atoms. The number of nitrogens with one attached hydrogen (secondary N) is 1. The number of aromatic amines is 1. The molecule has 0 radical (unpaired) electrons. The molecule has 0 aliphatic heterocycles. The maximum absolute atomic E-state index is 13.1. The summed E-state index contributed by atoms with van der Waals surface area (Å²) >= 11 is 0. The van der Waals surface area contributed by atoms with Gasteiger partial charge in [-0.1, -0.05) is 18.2 Å². The molecule has 102 valence electrons. The predicted molar refractivity (Wildman–Crippen MR) is 79.1 cm³/mol. The molecule has 2 aromatic carbocycles. The lowest BCUT2D eigenvalue weighted by Gasteiger charge is -2.04. The molecular weight excluding hydrogens is 253 g/mol. The van der Waals surface area contributed by atoms with Crippen LogP contribution in [0, 0.1) is 5.82 Å². The van der Waals surface area contributed by atoms with Gasteiger partial charge in [0.2, 0.25) is 0 Å². The lowest BCUT2D eigenvalue weighted by atomic mass is 10.0. The molecule has 0 saturated carbocycles. The van der Waals surface area contributed by atoms with E-state index in [9.17, 15) is 4.39 Å². The van der Waals surface area contributed by atoms with Crippen LogP contribution in [0.4, 0.5) is 4.39 Å². The number of aromatic nitrogens is 1. The van der Waals surface area contributed by atoms with Crippen LogP contribution in [0.25, 0.3) is 22.2 Å². The molecule has 2 N–H and O–H groups in total. The molecule has 0 bridgehead atoms. The average Bonchev–Trinajstić information content (AvgIpc) is 2.84. The fourth-order valence-electron chi connectivity index (χ4n) is 2.58. The molecule has 3 aromatic rings. The number of fused-ring (bicyclic) bond motifs is 1. The smallest absolute Gasteiger partial charge is 0.123 e. The van der Waals surface area contributed by atoms with E-state index in [4.69, 9.17) is 5.11 Å². The van der Waals surface area contributed by atoms with Crippen LogP contribution in [0.3, 0.4) is 0 Å². The van der Waals surface area contributed by atoms with Gasteiger partial charge in [-0.05, 0) is 54.3 Å². The quantitative estimate of drug-likeness (QED) is 0.740. The summed E-state index contributed by atoms with van der Waals surface area (Å²) in [5.74, 6) is -0.234. The summed E-state index contributed by atoms with van der Waals surface area (Å²) in [7, 11) is 0. The Hall–Kier alpha value is -2.13. The molecule has 0 unspecified atom stereocenters. The van der Waals surface area contributed by atoms with Crippen molar-refractivity contribution in [1.82, 2.24) is 4.98 Å². The molecule has 3 heteroatoms. The third-order valence-electron chi connectivity index (χ3n) is 3.53. The van der Waals surface area contributed by atoms with Gasteiger partial charge in [-0.15, -0.1) is 0 Å². The summed E-state index contributed by atoms with van der Waals surface area (Å²) in [5.41, 5.74) is 4.23. The van der Waals surface area contributed by atoms with Gasteiger partial charge in [-0.2, -0.15) is 0 Å². The van der Waals surface area contributed by atoms with Crippen molar-refractivity contribution >= 4 is 10.9 Å². The van der Waals surface area contributed by atoms with Crippen LogP contribution in [0.1, 0.15) is 12.0 Å². The first-order valence-corrected chi connectivity index (χ1v) is 6.76. The number of aliphatic hydroxyl groups is 1. The Bertz CT molecular complexity index is 715. The van der Waals surface area contributed by atoms with Crippen molar-refractivity contribution in [3.05, 3.63) is 59.9 Å². The molecule has 1 aromatic heterocycles. The van der Waals surface area contributed by atoms with Crippen molar-refractivity contribution in [3.8, 4) is 11.3 Å². The highest BCUT2D eigenvalue weighted by molar-refractivity contribution is 5.90. The topological polar surface area (TPSA) is 36.0 Å². The SMILES string of the molecule is OCCCc1c(-c2ccc(F)cc2)[nH]c2ccccc12. The summed E-state index contributed by atoms with van der Waals surface area (Å²) in [6.45, 7) is 0.169. The van der Waals surface area contributed by atoms with Crippen molar-refractivity contribution in [3.63, 3.8) is 0 Å². The number of H-pyrrole nitrogens is 1. The minimum Gasteiger partial charge on any atom is -0.396 e. The second-order valence-electron chi connectivity index (χ2n) is 4.86. The first-order chi connectivity index (χ1) is 9.79. The maximum Gasteiger partial charge on any atom is 0.123 e. The minimum absolute atomic E-state index is 0.169. The number of hydrogen-bond acceptors (Lipinski definition) is 1. The van der Waals surface area contributed by atoms with E-state index in [0.29, 0.717) is 0 Å². The lowest BCUT2D eigenvalue weighted by Crippen LogP contribution is -1.91. The van der Waals surface area contributed by atoms with Crippen LogP contribution in [-0.2, 0) is 6.42 Å². The Kier molecular flexibility index (Phi) is 3.52. The van der Waals surface area contributed by atoms with Gasteiger partial charge in [-0.3, -0.25) is 0 Å². The van der Waals surface area contributed by atoms with Gasteiger partial charge in [0, 0.05) is 23.2 Å². The molecule has 3 rings (SSSR count). The van der Waals surface area contributed by atoms with Crippen LogP contribution in [-0.4, -0.2) is 16.7 Å². The zero-order chi connectivity index (χ0) is 13.9. The van der Waals surface area contributed by atoms with Crippen molar-refractivity contribution < 1.29 is 9.50 Å². The zero-order valence-corrected chi connectivity index (χ0v) is 11.1. The molecular formula is C17H16FNO. The molecule has 20 heavy (non-hydrogen) atoms. The van der Waals surface area contributed by atoms with E-state index in [1.165, 1.54) is 23.1 Å². The Morgan fingerprint density at radius 2 is 1.75 bits per heavy atom. The Balaban J connectivity index is 2.15. The largest absolute Gasteiger partial charge is 0.396 e. The van der Waals surface area contributed by atoms with Gasteiger partial charge in [0.25, 0.3) is 0 Å². The molecule has 1 heterocycles. The summed E-state index contributed by atoms with van der Waals surface area (Å²) in [6, 6.07) is 14.6. The number of benzene rings is 2. The normalized spacial score (nSPS) is 11.1. The highest BCUT2D eigenvalue weighted by Crippen LogP contribution is 2.31.